The first-order chi connectivity index (χ1) is 22.5. The quantitative estimate of drug-likeness (QED) is 0.148. The predicted octanol–water partition coefficient (Wildman–Crippen LogP) is 24.8. The van der Waals surface area contributed by atoms with Crippen LogP contribution in [0.2, 0.25) is 0 Å². The zero-order valence-electron chi connectivity index (χ0n) is 22.5. The Morgan fingerprint density at radius 1 is 0.241 bits per heavy atom. The second-order valence-electron chi connectivity index (χ2n) is 9.25. The molecule has 0 radical (unpaired) electrons. The molecule has 0 aliphatic heterocycles. The van der Waals surface area contributed by atoms with E-state index in [-0.39, 0.29) is 0 Å². The van der Waals surface area contributed by atoms with Crippen molar-refractivity contribution in [3.8, 4) is 0 Å². The van der Waals surface area contributed by atoms with Crippen molar-refractivity contribution in [1.29, 1.82) is 0 Å². The molecule has 0 aliphatic carbocycles. The second-order valence-corrected chi connectivity index (χ2v) is 71.4. The molecule has 0 aromatic carbocycles. The van der Waals surface area contributed by atoms with Gasteiger partial charge in [0.1, 0.15) is 45.3 Å². The lowest BCUT2D eigenvalue weighted by atomic mass is 10.0. The zero-order valence-corrected chi connectivity index (χ0v) is 77.3. The van der Waals surface area contributed by atoms with Crippen molar-refractivity contribution in [2.75, 3.05) is 0 Å². The van der Waals surface area contributed by atoms with Gasteiger partial charge >= 0.3 is 0 Å². The van der Waals surface area contributed by atoms with Crippen LogP contribution >= 0.6 is 542 Å². The maximum atomic E-state index is 8.56. The summed E-state index contributed by atoms with van der Waals surface area (Å²) in [5.74, 6) is 0. The Bertz CT molecular complexity index is 1250. The van der Waals surface area contributed by atoms with Crippen LogP contribution in [0.15, 0.2) is 0 Å². The molecule has 0 bridgehead atoms. The Kier molecular flexibility index (Phi) is 32.7. The Balaban J connectivity index is 0. The van der Waals surface area contributed by atoms with E-state index >= 15 is 0 Å². The van der Waals surface area contributed by atoms with Crippen LogP contribution < -0.4 is 0 Å². The maximum absolute atomic E-state index is 8.56. The number of rotatable bonds is 13. The van der Waals surface area contributed by atoms with E-state index < -0.39 is 60.9 Å². The van der Waals surface area contributed by atoms with Gasteiger partial charge in [-0.15, -0.1) is 0 Å². The fourth-order valence-corrected chi connectivity index (χ4v) is 35.9. The number of hydrogen-bond donors (Lipinski definition) is 1. The van der Waals surface area contributed by atoms with Gasteiger partial charge in [-0.2, -0.15) is 0 Å². The third-order valence-electron chi connectivity index (χ3n) is 5.84. The Hall–Kier alpha value is 16.4. The number of alkyl halides is 34. The van der Waals surface area contributed by atoms with Gasteiger partial charge in [0.2, 0.25) is 0 Å². The van der Waals surface area contributed by atoms with Gasteiger partial charge in [-0.25, -0.2) is 4.21 Å². The molecule has 3 nitrogen and oxygen atoms in total. The summed E-state index contributed by atoms with van der Waals surface area (Å²) in [6.07, 6.45) is 0. The van der Waals surface area contributed by atoms with Gasteiger partial charge in [0.15, 0.2) is 4.29 Å². The van der Waals surface area contributed by atoms with Crippen LogP contribution in [0.3, 0.4) is 0 Å². The van der Waals surface area contributed by atoms with Crippen LogP contribution in [0.25, 0.3) is 0 Å². The molecular weight excluding hydrogens is 2990 g/mol. The van der Waals surface area contributed by atoms with Crippen molar-refractivity contribution in [3.05, 3.63) is 0 Å². The summed E-state index contributed by atoms with van der Waals surface area (Å²) in [5, 5.41) is 0. The Morgan fingerprint density at radius 3 is 0.352 bits per heavy atom. The van der Waals surface area contributed by atoms with Crippen molar-refractivity contribution in [3.63, 3.8) is 0 Å². The first-order valence-electron chi connectivity index (χ1n) is 10.7. The topological polar surface area (TPSA) is 60.4 Å². The molecule has 0 saturated heterocycles. The van der Waals surface area contributed by atoms with Gasteiger partial charge in [-0.3, -0.25) is 0 Å². The lowest BCUT2D eigenvalue weighted by Gasteiger charge is -2.62. The summed E-state index contributed by atoms with van der Waals surface area (Å²) in [4.78, 5) is 0. The first kappa shape index (κ1) is 72.5. The minimum atomic E-state index is -2.86. The van der Waals surface area contributed by atoms with E-state index in [1.807, 2.05) is 0 Å². The van der Waals surface area contributed by atoms with Gasteiger partial charge in [-0.1, -0.05) is 542 Å². The van der Waals surface area contributed by atoms with E-state index in [0.29, 0.717) is 0 Å². The van der Waals surface area contributed by atoms with E-state index in [4.69, 9.17) is 13.3 Å². The average Bonchev–Trinajstić information content (AvgIpc) is 2.89. The number of hydrogen-bond acceptors (Lipinski definition) is 2. The fourth-order valence-electron chi connectivity index (χ4n) is 2.72. The molecule has 1 atom stereocenters. The molecule has 0 heterocycles. The minimum absolute atomic E-state index is 0.894. The highest BCUT2D eigenvalue weighted by Crippen LogP contribution is 2.83. The average molecular weight is 2990 g/mol. The van der Waals surface area contributed by atoms with Crippen LogP contribution in [0.5, 0.6) is 0 Å². The van der Waals surface area contributed by atoms with Gasteiger partial charge in [-0.05, 0) is 0 Å². The third-order valence-corrected chi connectivity index (χ3v) is 76.8. The molecule has 0 saturated carbocycles. The lowest BCUT2D eigenvalue weighted by Crippen LogP contribution is -2.73. The molecule has 1 unspecified atom stereocenters. The van der Waals surface area contributed by atoms with Crippen LogP contribution in [0.1, 0.15) is 0 Å². The van der Waals surface area contributed by atoms with E-state index in [9.17, 15) is 0 Å². The van der Waals surface area contributed by atoms with Crippen LogP contribution in [0.4, 0.5) is 0 Å². The molecule has 0 aromatic heterocycles. The fraction of sp³-hybridized carbons (Fsp3) is 1.00. The Morgan fingerprint density at radius 2 is 0.296 bits per heavy atom. The normalized spacial score (nSPS) is 17.3. The van der Waals surface area contributed by atoms with Crippen molar-refractivity contribution in [2.24, 2.45) is 0 Å². The highest BCUT2D eigenvalue weighted by atomic mass is 80.0. The van der Waals surface area contributed by atoms with E-state index in [0.717, 1.165) is 0 Å². The Labute approximate surface area is 600 Å². The largest absolute Gasteiger partial charge is 0.750 e. The summed E-state index contributed by atoms with van der Waals surface area (Å²) < 4.78 is 5.47. The molecule has 1 N–H and O–H groups in total. The zero-order chi connectivity index (χ0) is 45.6. The maximum Gasteiger partial charge on any atom is 0.162 e. The predicted molar refractivity (Wildman–Crippen MR) is 359 cm³/mol. The summed E-state index contributed by atoms with van der Waals surface area (Å²) in [7, 11) is 0. The summed E-state index contributed by atoms with van der Waals surface area (Å²) >= 11 is 129. The van der Waals surface area contributed by atoms with Gasteiger partial charge in [0.05, 0.1) is 11.4 Å². The van der Waals surface area contributed by atoms with Gasteiger partial charge < -0.3 is 9.11 Å². The molecule has 0 fully saturated rings. The molecule has 0 rings (SSSR count). The standard InChI is InChI=1S/C16Br34.H2O3S/c17-1(18,3(21,22)5(25,26)7(29,30)9(33,34)11(37,38)13(41,42)15(45,46)47)2(19,20)4(23,24)6(27,28)8(31,32)10(35,36)12(39,40)14(43,44)16(48,49)50;1-4(2)3/h;(H2,1,2,3)/p-1. The summed E-state index contributed by atoms with van der Waals surface area (Å²) in [5.41, 5.74) is 0. The smallest absolute Gasteiger partial charge is 0.162 e. The van der Waals surface area contributed by atoms with Crippen molar-refractivity contribution < 1.29 is 13.3 Å². The molecule has 0 spiro atoms. The second kappa shape index (κ2) is 24.4. The van der Waals surface area contributed by atoms with Crippen molar-refractivity contribution >= 4 is 553 Å². The van der Waals surface area contributed by atoms with Gasteiger partial charge in [0, 0.05) is 0 Å². The molecule has 328 valence electrons. The van der Waals surface area contributed by atoms with E-state index in [1.165, 1.54) is 0 Å². The minimum Gasteiger partial charge on any atom is -0.750 e. The molecule has 38 heteroatoms. The van der Waals surface area contributed by atoms with Crippen LogP contribution in [0, 0.1) is 0 Å². The highest BCUT2D eigenvalue weighted by molar-refractivity contribution is 9.44. The molecule has 54 heavy (non-hydrogen) atoms. The number of halogens is 34. The van der Waals surface area contributed by atoms with Crippen molar-refractivity contribution in [1.82, 2.24) is 0 Å². The summed E-state index contributed by atoms with van der Waals surface area (Å²) in [6, 6.07) is 0. The van der Waals surface area contributed by atoms with Gasteiger partial charge in [0.25, 0.3) is 0 Å². The molecule has 0 aliphatic rings. The molecule has 0 aromatic rings. The lowest BCUT2D eigenvalue weighted by molar-refractivity contribution is 0.436. The summed E-state index contributed by atoms with van der Waals surface area (Å²) in [6.45, 7) is 0. The van der Waals surface area contributed by atoms with Crippen LogP contribution in [-0.4, -0.2) is 62.9 Å². The highest BCUT2D eigenvalue weighted by Gasteiger charge is 2.83. The molecular formula is C16HBr34O3S-. The molecule has 0 amide bonds. The van der Waals surface area contributed by atoms with E-state index in [1.54, 1.807) is 0 Å². The SMILES string of the molecule is BrC(Br)(Br)C(Br)(Br)C(Br)(Br)C(Br)(Br)C(Br)(Br)C(Br)(Br)C(Br)(Br)C(Br)(Br)C(Br)(Br)C(Br)(Br)C(Br)(Br)C(Br)(Br)C(Br)(Br)C(Br)(Br)C(Br)(Br)C(Br)(Br)Br.O=S([O-])O. The van der Waals surface area contributed by atoms with E-state index in [2.05, 4.69) is 542 Å². The first-order valence-corrected chi connectivity index (χ1v) is 38.7. The third kappa shape index (κ3) is 13.6. The monoisotopic (exact) mass is 2960 g/mol. The van der Waals surface area contributed by atoms with Crippen molar-refractivity contribution in [2.45, 2.75) is 49.6 Å². The van der Waals surface area contributed by atoms with Crippen LogP contribution in [-0.2, 0) is 11.4 Å².